The van der Waals surface area contributed by atoms with Crippen LogP contribution < -0.4 is 15.6 Å². The molecule has 0 saturated heterocycles. The molecule has 2 rings (SSSR count). The largest absolute Gasteiger partial charge is 0.493 e. The van der Waals surface area contributed by atoms with Crippen LogP contribution in [0.4, 0.5) is 0 Å². The quantitative estimate of drug-likeness (QED) is 0.834. The second-order valence-electron chi connectivity index (χ2n) is 5.12. The van der Waals surface area contributed by atoms with Crippen molar-refractivity contribution in [3.8, 4) is 5.75 Å². The summed E-state index contributed by atoms with van der Waals surface area (Å²) in [7, 11) is 0. The topological polar surface area (TPSA) is 67.4 Å². The molecule has 2 N–H and O–H groups in total. The molecule has 2 aromatic rings. The third-order valence-electron chi connectivity index (χ3n) is 3.20. The van der Waals surface area contributed by atoms with Gasteiger partial charge in [-0.1, -0.05) is 36.8 Å². The molecule has 5 heteroatoms. The number of hydrogen-bond acceptors (Lipinski definition) is 3. The van der Waals surface area contributed by atoms with E-state index < -0.39 is 5.91 Å². The van der Waals surface area contributed by atoms with E-state index in [4.69, 9.17) is 4.74 Å². The summed E-state index contributed by atoms with van der Waals surface area (Å²) in [5.74, 6) is -0.293. The van der Waals surface area contributed by atoms with Crippen molar-refractivity contribution in [3.05, 3.63) is 65.2 Å². The normalized spacial score (nSPS) is 10.0. The van der Waals surface area contributed by atoms with Crippen molar-refractivity contribution in [2.24, 2.45) is 0 Å². The Labute approximate surface area is 135 Å². The van der Waals surface area contributed by atoms with Crippen molar-refractivity contribution in [2.75, 3.05) is 6.61 Å². The number of carbonyl (C=O) groups excluding carboxylic acids is 2. The molecule has 0 heterocycles. The Morgan fingerprint density at radius 3 is 2.30 bits per heavy atom. The first-order valence-electron chi connectivity index (χ1n) is 7.51. The van der Waals surface area contributed by atoms with Gasteiger partial charge in [0.25, 0.3) is 11.8 Å². The minimum absolute atomic E-state index is 0.370. The maximum Gasteiger partial charge on any atom is 0.273 e. The molecule has 0 unspecified atom stereocenters. The number of aryl methyl sites for hydroxylation is 1. The molecule has 0 radical (unpaired) electrons. The van der Waals surface area contributed by atoms with Gasteiger partial charge in [0, 0.05) is 5.56 Å². The third kappa shape index (κ3) is 4.57. The molecule has 0 aliphatic heterocycles. The number of hydrazine groups is 1. The molecule has 0 fully saturated rings. The zero-order chi connectivity index (χ0) is 16.7. The molecule has 0 spiro atoms. The van der Waals surface area contributed by atoms with E-state index in [1.165, 1.54) is 0 Å². The summed E-state index contributed by atoms with van der Waals surface area (Å²) in [5.41, 5.74) is 6.74. The van der Waals surface area contributed by atoms with Crippen LogP contribution in [0.15, 0.2) is 48.5 Å². The predicted octanol–water partition coefficient (Wildman–Crippen LogP) is 2.86. The van der Waals surface area contributed by atoms with Crippen molar-refractivity contribution in [1.82, 2.24) is 10.9 Å². The van der Waals surface area contributed by atoms with Crippen LogP contribution in [0.5, 0.6) is 5.75 Å². The average molecular weight is 312 g/mol. The van der Waals surface area contributed by atoms with E-state index in [2.05, 4.69) is 10.9 Å². The molecule has 0 bridgehead atoms. The van der Waals surface area contributed by atoms with Crippen LogP contribution in [0, 0.1) is 6.92 Å². The zero-order valence-electron chi connectivity index (χ0n) is 13.3. The molecule has 2 amide bonds. The Balaban J connectivity index is 1.99. The number of carbonyl (C=O) groups is 2. The van der Waals surface area contributed by atoms with Gasteiger partial charge in [0.15, 0.2) is 0 Å². The lowest BCUT2D eigenvalue weighted by atomic mass is 10.1. The molecular weight excluding hydrogens is 292 g/mol. The Bertz CT molecular complexity index is 681. The van der Waals surface area contributed by atoms with Crippen LogP contribution in [0.1, 0.15) is 39.6 Å². The molecule has 0 aliphatic carbocycles. The van der Waals surface area contributed by atoms with E-state index in [0.29, 0.717) is 23.5 Å². The van der Waals surface area contributed by atoms with Gasteiger partial charge in [0.1, 0.15) is 5.75 Å². The minimum atomic E-state index is -0.419. The van der Waals surface area contributed by atoms with Crippen LogP contribution in [-0.2, 0) is 0 Å². The lowest BCUT2D eigenvalue weighted by Gasteiger charge is -2.11. The Morgan fingerprint density at radius 1 is 0.957 bits per heavy atom. The first kappa shape index (κ1) is 16.5. The number of ether oxygens (including phenoxy) is 1. The summed E-state index contributed by atoms with van der Waals surface area (Å²) in [6, 6.07) is 14.0. The molecule has 0 atom stereocenters. The lowest BCUT2D eigenvalue weighted by Crippen LogP contribution is -2.41. The molecule has 23 heavy (non-hydrogen) atoms. The van der Waals surface area contributed by atoms with E-state index >= 15 is 0 Å². The molecule has 0 aliphatic rings. The first-order chi connectivity index (χ1) is 11.1. The highest BCUT2D eigenvalue weighted by atomic mass is 16.5. The summed E-state index contributed by atoms with van der Waals surface area (Å²) in [4.78, 5) is 24.2. The minimum Gasteiger partial charge on any atom is -0.493 e. The van der Waals surface area contributed by atoms with Gasteiger partial charge in [0.05, 0.1) is 12.2 Å². The SMILES string of the molecule is CCCOc1ccccc1C(=O)NNC(=O)c1ccc(C)cc1. The van der Waals surface area contributed by atoms with Crippen molar-refractivity contribution in [1.29, 1.82) is 0 Å². The van der Waals surface area contributed by atoms with E-state index in [1.807, 2.05) is 26.0 Å². The van der Waals surface area contributed by atoms with Gasteiger partial charge in [0.2, 0.25) is 0 Å². The highest BCUT2D eigenvalue weighted by Crippen LogP contribution is 2.17. The smallest absolute Gasteiger partial charge is 0.273 e. The number of amides is 2. The fourth-order valence-electron chi connectivity index (χ4n) is 1.95. The fraction of sp³-hybridized carbons (Fsp3) is 0.222. The molecule has 120 valence electrons. The van der Waals surface area contributed by atoms with Gasteiger partial charge in [-0.25, -0.2) is 0 Å². The van der Waals surface area contributed by atoms with Gasteiger partial charge in [-0.3, -0.25) is 20.4 Å². The fourth-order valence-corrected chi connectivity index (χ4v) is 1.95. The Hall–Kier alpha value is -2.82. The van der Waals surface area contributed by atoms with Crippen molar-refractivity contribution in [3.63, 3.8) is 0 Å². The number of rotatable bonds is 5. The summed E-state index contributed by atoms with van der Waals surface area (Å²) >= 11 is 0. The summed E-state index contributed by atoms with van der Waals surface area (Å²) in [6.45, 7) is 4.46. The van der Waals surface area contributed by atoms with Crippen LogP contribution in [0.2, 0.25) is 0 Å². The van der Waals surface area contributed by atoms with Crippen molar-refractivity contribution >= 4 is 11.8 Å². The number of para-hydroxylation sites is 1. The van der Waals surface area contributed by atoms with E-state index in [1.54, 1.807) is 36.4 Å². The molecule has 0 aromatic heterocycles. The van der Waals surface area contributed by atoms with Crippen LogP contribution in [-0.4, -0.2) is 18.4 Å². The number of benzene rings is 2. The molecule has 0 saturated carbocycles. The summed E-state index contributed by atoms with van der Waals surface area (Å²) in [6.07, 6.45) is 0.847. The second-order valence-corrected chi connectivity index (χ2v) is 5.12. The highest BCUT2D eigenvalue weighted by Gasteiger charge is 2.13. The standard InChI is InChI=1S/C18H20N2O3/c1-3-12-23-16-7-5-4-6-15(16)18(22)20-19-17(21)14-10-8-13(2)9-11-14/h4-11H,3,12H2,1-2H3,(H,19,21)(H,20,22). The van der Waals surface area contributed by atoms with Crippen LogP contribution >= 0.6 is 0 Å². The van der Waals surface area contributed by atoms with E-state index in [9.17, 15) is 9.59 Å². The van der Waals surface area contributed by atoms with Gasteiger partial charge >= 0.3 is 0 Å². The maximum absolute atomic E-state index is 12.2. The van der Waals surface area contributed by atoms with Gasteiger partial charge < -0.3 is 4.74 Å². The van der Waals surface area contributed by atoms with Gasteiger partial charge in [-0.2, -0.15) is 0 Å². The second kappa shape index (κ2) is 7.98. The van der Waals surface area contributed by atoms with Gasteiger partial charge in [-0.15, -0.1) is 0 Å². The average Bonchev–Trinajstić information content (AvgIpc) is 2.58. The van der Waals surface area contributed by atoms with Gasteiger partial charge in [-0.05, 0) is 37.6 Å². The number of hydrogen-bond donors (Lipinski definition) is 2. The highest BCUT2D eigenvalue weighted by molar-refractivity contribution is 6.00. The summed E-state index contributed by atoms with van der Waals surface area (Å²) < 4.78 is 5.54. The van der Waals surface area contributed by atoms with E-state index in [-0.39, 0.29) is 5.91 Å². The lowest BCUT2D eigenvalue weighted by molar-refractivity contribution is 0.0844. The number of nitrogens with one attached hydrogen (secondary N) is 2. The third-order valence-corrected chi connectivity index (χ3v) is 3.20. The van der Waals surface area contributed by atoms with Crippen LogP contribution in [0.3, 0.4) is 0 Å². The van der Waals surface area contributed by atoms with Crippen molar-refractivity contribution in [2.45, 2.75) is 20.3 Å². The molecular formula is C18H20N2O3. The first-order valence-corrected chi connectivity index (χ1v) is 7.51. The Morgan fingerprint density at radius 2 is 1.61 bits per heavy atom. The van der Waals surface area contributed by atoms with Crippen molar-refractivity contribution < 1.29 is 14.3 Å². The zero-order valence-corrected chi connectivity index (χ0v) is 13.3. The van der Waals surface area contributed by atoms with E-state index in [0.717, 1.165) is 12.0 Å². The summed E-state index contributed by atoms with van der Waals surface area (Å²) in [5, 5.41) is 0. The monoisotopic (exact) mass is 312 g/mol. The molecule has 5 nitrogen and oxygen atoms in total. The Kier molecular flexibility index (Phi) is 5.74. The predicted molar refractivity (Wildman–Crippen MR) is 88.3 cm³/mol. The maximum atomic E-state index is 12.2. The molecule has 2 aromatic carbocycles. The van der Waals surface area contributed by atoms with Crippen LogP contribution in [0.25, 0.3) is 0 Å².